The number of rotatable bonds is 4. The highest BCUT2D eigenvalue weighted by Gasteiger charge is 2.08. The van der Waals surface area contributed by atoms with E-state index < -0.39 is 10.9 Å². The zero-order valence-electron chi connectivity index (χ0n) is 10.6. The predicted molar refractivity (Wildman–Crippen MR) is 75.4 cm³/mol. The van der Waals surface area contributed by atoms with Gasteiger partial charge in [0.05, 0.1) is 10.5 Å². The Kier molecular flexibility index (Phi) is 4.05. The lowest BCUT2D eigenvalue weighted by atomic mass is 10.1. The molecular formula is C14H11NO4S. The zero-order chi connectivity index (χ0) is 14.7. The maximum absolute atomic E-state index is 10.9. The molecule has 0 amide bonds. The van der Waals surface area contributed by atoms with Crippen LogP contribution < -0.4 is 0 Å². The summed E-state index contributed by atoms with van der Waals surface area (Å²) in [6.45, 7) is 1.83. The lowest BCUT2D eigenvalue weighted by Crippen LogP contribution is -1.96. The van der Waals surface area contributed by atoms with E-state index in [0.29, 0.717) is 0 Å². The SMILES string of the molecule is Cc1cc(C(=O)O)ccc1Sc1ccc([N+](=O)[O-])cc1. The molecule has 1 N–H and O–H groups in total. The van der Waals surface area contributed by atoms with Crippen LogP contribution in [-0.2, 0) is 0 Å². The summed E-state index contributed by atoms with van der Waals surface area (Å²) in [5, 5.41) is 19.5. The van der Waals surface area contributed by atoms with Crippen molar-refractivity contribution in [3.8, 4) is 0 Å². The van der Waals surface area contributed by atoms with E-state index in [1.165, 1.54) is 23.9 Å². The number of hydrogen-bond acceptors (Lipinski definition) is 4. The molecule has 0 fully saturated rings. The fraction of sp³-hybridized carbons (Fsp3) is 0.0714. The summed E-state index contributed by atoms with van der Waals surface area (Å²) in [5.41, 5.74) is 1.15. The summed E-state index contributed by atoms with van der Waals surface area (Å²) in [4.78, 5) is 22.8. The van der Waals surface area contributed by atoms with Crippen molar-refractivity contribution in [1.82, 2.24) is 0 Å². The van der Waals surface area contributed by atoms with Gasteiger partial charge in [-0.15, -0.1) is 0 Å². The van der Waals surface area contributed by atoms with Gasteiger partial charge in [-0.2, -0.15) is 0 Å². The summed E-state index contributed by atoms with van der Waals surface area (Å²) in [7, 11) is 0. The van der Waals surface area contributed by atoms with E-state index in [2.05, 4.69) is 0 Å². The first-order valence-electron chi connectivity index (χ1n) is 5.73. The van der Waals surface area contributed by atoms with E-state index in [-0.39, 0.29) is 11.3 Å². The van der Waals surface area contributed by atoms with Crippen LogP contribution in [0.15, 0.2) is 52.3 Å². The van der Waals surface area contributed by atoms with E-state index in [1.54, 1.807) is 30.3 Å². The van der Waals surface area contributed by atoms with Crippen LogP contribution in [-0.4, -0.2) is 16.0 Å². The average molecular weight is 289 g/mol. The minimum atomic E-state index is -0.958. The number of non-ortho nitro benzene ring substituents is 1. The molecule has 0 saturated heterocycles. The highest BCUT2D eigenvalue weighted by Crippen LogP contribution is 2.31. The Morgan fingerprint density at radius 2 is 1.85 bits per heavy atom. The number of nitro benzene ring substituents is 1. The average Bonchev–Trinajstić information content (AvgIpc) is 2.41. The number of carbonyl (C=O) groups is 1. The molecule has 0 aromatic heterocycles. The molecule has 5 nitrogen and oxygen atoms in total. The first-order chi connectivity index (χ1) is 9.47. The van der Waals surface area contributed by atoms with E-state index in [1.807, 2.05) is 6.92 Å². The fourth-order valence-corrected chi connectivity index (χ4v) is 2.54. The van der Waals surface area contributed by atoms with Gasteiger partial charge in [0.2, 0.25) is 0 Å². The second-order valence-corrected chi connectivity index (χ2v) is 5.25. The van der Waals surface area contributed by atoms with E-state index in [4.69, 9.17) is 5.11 Å². The number of benzene rings is 2. The molecular weight excluding hydrogens is 278 g/mol. The standard InChI is InChI=1S/C14H11NO4S/c1-9-8-10(14(16)17)2-7-13(9)20-12-5-3-11(4-6-12)15(18)19/h2-8H,1H3,(H,16,17). The molecule has 0 heterocycles. The molecule has 102 valence electrons. The van der Waals surface area contributed by atoms with E-state index in [9.17, 15) is 14.9 Å². The Morgan fingerprint density at radius 1 is 1.20 bits per heavy atom. The number of nitrogens with zero attached hydrogens (tertiary/aromatic N) is 1. The molecule has 0 aliphatic rings. The van der Waals surface area contributed by atoms with Gasteiger partial charge in [0, 0.05) is 21.9 Å². The molecule has 2 aromatic rings. The Morgan fingerprint density at radius 3 is 2.35 bits per heavy atom. The van der Waals surface area contributed by atoms with Crippen molar-refractivity contribution in [3.05, 3.63) is 63.7 Å². The van der Waals surface area contributed by atoms with Gasteiger partial charge in [0.25, 0.3) is 5.69 Å². The Hall–Kier alpha value is -2.34. The molecule has 2 aromatic carbocycles. The number of nitro groups is 1. The summed E-state index contributed by atoms with van der Waals surface area (Å²) < 4.78 is 0. The van der Waals surface area contributed by atoms with Gasteiger partial charge in [-0.25, -0.2) is 4.79 Å². The van der Waals surface area contributed by atoms with Crippen LogP contribution in [0.2, 0.25) is 0 Å². The summed E-state index contributed by atoms with van der Waals surface area (Å²) in [5.74, 6) is -0.958. The van der Waals surface area contributed by atoms with Gasteiger partial charge in [-0.1, -0.05) is 11.8 Å². The molecule has 0 aliphatic heterocycles. The summed E-state index contributed by atoms with van der Waals surface area (Å²) in [6, 6.07) is 11.1. The fourth-order valence-electron chi connectivity index (χ4n) is 1.66. The quantitative estimate of drug-likeness (QED) is 0.684. The minimum Gasteiger partial charge on any atom is -0.478 e. The van der Waals surface area contributed by atoms with Gasteiger partial charge in [0.1, 0.15) is 0 Å². The van der Waals surface area contributed by atoms with Crippen LogP contribution in [0.3, 0.4) is 0 Å². The third-order valence-corrected chi connectivity index (χ3v) is 3.88. The van der Waals surface area contributed by atoms with Gasteiger partial charge in [-0.05, 0) is 42.8 Å². The Balaban J connectivity index is 2.21. The van der Waals surface area contributed by atoms with Gasteiger partial charge >= 0.3 is 5.97 Å². The molecule has 0 unspecified atom stereocenters. The highest BCUT2D eigenvalue weighted by molar-refractivity contribution is 7.99. The topological polar surface area (TPSA) is 80.4 Å². The molecule has 0 radical (unpaired) electrons. The number of hydrogen-bond donors (Lipinski definition) is 1. The maximum atomic E-state index is 10.9. The maximum Gasteiger partial charge on any atom is 0.335 e. The molecule has 0 bridgehead atoms. The van der Waals surface area contributed by atoms with Crippen LogP contribution in [0.25, 0.3) is 0 Å². The number of carboxylic acids is 1. The third kappa shape index (κ3) is 3.16. The lowest BCUT2D eigenvalue weighted by Gasteiger charge is -2.06. The molecule has 0 atom stereocenters. The number of aryl methyl sites for hydroxylation is 1. The van der Waals surface area contributed by atoms with E-state index >= 15 is 0 Å². The summed E-state index contributed by atoms with van der Waals surface area (Å²) >= 11 is 1.44. The zero-order valence-corrected chi connectivity index (χ0v) is 11.4. The monoisotopic (exact) mass is 289 g/mol. The van der Waals surface area contributed by atoms with Crippen molar-refractivity contribution >= 4 is 23.4 Å². The van der Waals surface area contributed by atoms with Crippen molar-refractivity contribution in [2.45, 2.75) is 16.7 Å². The van der Waals surface area contributed by atoms with Gasteiger partial charge < -0.3 is 5.11 Å². The van der Waals surface area contributed by atoms with Crippen molar-refractivity contribution in [2.24, 2.45) is 0 Å². The lowest BCUT2D eigenvalue weighted by molar-refractivity contribution is -0.384. The third-order valence-electron chi connectivity index (χ3n) is 2.70. The molecule has 20 heavy (non-hydrogen) atoms. The van der Waals surface area contributed by atoms with Crippen molar-refractivity contribution in [1.29, 1.82) is 0 Å². The Bertz CT molecular complexity index is 667. The summed E-state index contributed by atoms with van der Waals surface area (Å²) in [6.07, 6.45) is 0. The molecule has 6 heteroatoms. The van der Waals surface area contributed by atoms with Crippen LogP contribution in [0.4, 0.5) is 5.69 Å². The molecule has 0 spiro atoms. The van der Waals surface area contributed by atoms with E-state index in [0.717, 1.165) is 15.4 Å². The van der Waals surface area contributed by atoms with Crippen molar-refractivity contribution in [3.63, 3.8) is 0 Å². The normalized spacial score (nSPS) is 10.2. The van der Waals surface area contributed by atoms with Crippen LogP contribution in [0.1, 0.15) is 15.9 Å². The van der Waals surface area contributed by atoms with Crippen LogP contribution in [0, 0.1) is 17.0 Å². The first-order valence-corrected chi connectivity index (χ1v) is 6.55. The first kappa shape index (κ1) is 14.1. The number of aromatic carboxylic acids is 1. The smallest absolute Gasteiger partial charge is 0.335 e. The molecule has 0 aliphatic carbocycles. The Labute approximate surface area is 119 Å². The largest absolute Gasteiger partial charge is 0.478 e. The number of carboxylic acid groups (broad SMARTS) is 1. The second-order valence-electron chi connectivity index (χ2n) is 4.14. The van der Waals surface area contributed by atoms with Crippen LogP contribution >= 0.6 is 11.8 Å². The minimum absolute atomic E-state index is 0.0484. The van der Waals surface area contributed by atoms with Crippen molar-refractivity contribution < 1.29 is 14.8 Å². The molecule has 2 rings (SSSR count). The van der Waals surface area contributed by atoms with Crippen LogP contribution in [0.5, 0.6) is 0 Å². The second kappa shape index (κ2) is 5.75. The molecule has 0 saturated carbocycles. The van der Waals surface area contributed by atoms with Crippen molar-refractivity contribution in [2.75, 3.05) is 0 Å². The van der Waals surface area contributed by atoms with Gasteiger partial charge in [-0.3, -0.25) is 10.1 Å². The predicted octanol–water partition coefficient (Wildman–Crippen LogP) is 3.75. The highest BCUT2D eigenvalue weighted by atomic mass is 32.2. The van der Waals surface area contributed by atoms with Gasteiger partial charge in [0.15, 0.2) is 0 Å².